The van der Waals surface area contributed by atoms with Crippen LogP contribution in [-0.4, -0.2) is 29.7 Å². The number of hydrogen-bond donors (Lipinski definition) is 0. The van der Waals surface area contributed by atoms with Gasteiger partial charge in [-0.1, -0.05) is 12.2 Å². The molecule has 0 aromatic rings. The molecule has 0 saturated carbocycles. The molecule has 0 aromatic heterocycles. The molecule has 9 heavy (non-hydrogen) atoms. The second-order valence-corrected chi connectivity index (χ2v) is 1.70. The van der Waals surface area contributed by atoms with Gasteiger partial charge in [0.2, 0.25) is 0 Å². The van der Waals surface area contributed by atoms with Crippen molar-refractivity contribution in [2.45, 2.75) is 13.3 Å². The molecule has 1 nitrogen and oxygen atoms in total. The molecule has 0 atom stereocenters. The topological polar surface area (TPSA) is 9.23 Å². The van der Waals surface area contributed by atoms with Gasteiger partial charge in [0, 0.05) is 6.42 Å². The second kappa shape index (κ2) is 4.88. The van der Waals surface area contributed by atoms with Crippen molar-refractivity contribution in [1.29, 1.82) is 0 Å². The third-order valence-electron chi connectivity index (χ3n) is 1.07. The van der Waals surface area contributed by atoms with Crippen LogP contribution in [0, 0.1) is 0 Å². The van der Waals surface area contributed by atoms with Crippen LogP contribution >= 0.6 is 0 Å². The van der Waals surface area contributed by atoms with Gasteiger partial charge in [0.25, 0.3) is 0 Å². The maximum Gasteiger partial charge on any atom is 2.00 e. The molecule has 0 radical (unpaired) electrons. The Kier molecular flexibility index (Phi) is 4.91. The van der Waals surface area contributed by atoms with Crippen molar-refractivity contribution in [2.24, 2.45) is 0 Å². The van der Waals surface area contributed by atoms with Crippen LogP contribution in [0.2, 0.25) is 0 Å². The minimum Gasteiger partial charge on any atom is -1.00 e. The minimum atomic E-state index is 0. The van der Waals surface area contributed by atoms with E-state index in [0.29, 0.717) is 0 Å². The Morgan fingerprint density at radius 3 is 3.00 bits per heavy atom. The minimum absolute atomic E-state index is 0. The summed E-state index contributed by atoms with van der Waals surface area (Å²) >= 11 is 0. The van der Waals surface area contributed by atoms with Crippen LogP contribution in [0.4, 0.5) is 0 Å². The first kappa shape index (κ1) is 9.05. The molecular weight excluding hydrogens is 124 g/mol. The number of hydrogen-bond acceptors (Lipinski definition) is 1. The molecule has 2 heteroatoms. The van der Waals surface area contributed by atoms with Gasteiger partial charge in [-0.3, -0.25) is 0 Å². The molecule has 0 heterocycles. The summed E-state index contributed by atoms with van der Waals surface area (Å²) in [4.78, 5) is 0. The van der Waals surface area contributed by atoms with Crippen molar-refractivity contribution in [3.8, 4) is 0 Å². The number of ether oxygens (including phenoxy) is 1. The van der Waals surface area contributed by atoms with Crippen molar-refractivity contribution < 1.29 is 7.59 Å². The fourth-order valence-corrected chi connectivity index (χ4v) is 0.720. The maximum atomic E-state index is 5.20. The Morgan fingerprint density at radius 2 is 2.56 bits per heavy atom. The molecule has 0 aromatic carbocycles. The molecule has 0 spiro atoms. The Labute approximate surface area is 74.9 Å². The molecule has 0 N–H and O–H groups in total. The summed E-state index contributed by atoms with van der Waals surface area (Å²) in [6.45, 7) is 2.78. The zero-order valence-corrected chi connectivity index (χ0v) is 7.18. The summed E-state index contributed by atoms with van der Waals surface area (Å²) in [5.41, 5.74) is 0. The van der Waals surface area contributed by atoms with Crippen LogP contribution in [0.3, 0.4) is 0 Å². The first-order valence-electron chi connectivity index (χ1n) is 2.92. The zero-order chi connectivity index (χ0) is 5.82. The Morgan fingerprint density at radius 1 is 1.78 bits per heavy atom. The van der Waals surface area contributed by atoms with Crippen LogP contribution in [0.5, 0.6) is 0 Å². The molecule has 0 bridgehead atoms. The predicted octanol–water partition coefficient (Wildman–Crippen LogP) is 1.71. The first-order valence-corrected chi connectivity index (χ1v) is 2.92. The van der Waals surface area contributed by atoms with Crippen LogP contribution in [0.25, 0.3) is 0 Å². The van der Waals surface area contributed by atoms with E-state index in [1.807, 2.05) is 19.1 Å². The smallest absolute Gasteiger partial charge is 1.00 e. The molecule has 0 amide bonds. The van der Waals surface area contributed by atoms with Crippen LogP contribution in [0.15, 0.2) is 24.0 Å². The third-order valence-corrected chi connectivity index (χ3v) is 1.07. The van der Waals surface area contributed by atoms with Gasteiger partial charge in [-0.05, 0) is 13.0 Å². The molecule has 1 aliphatic carbocycles. The van der Waals surface area contributed by atoms with Gasteiger partial charge in [-0.25, -0.2) is 0 Å². The normalized spacial score (nSPS) is 14.6. The summed E-state index contributed by atoms with van der Waals surface area (Å²) in [7, 11) is 0. The standard InChI is InChI=1S/C7H10O.Mg.2H/c1-2-8-7-5-3-4-6-7;;;/h3-5H,2,6H2,1H3;;;/q;+2;2*-1. The van der Waals surface area contributed by atoms with Crippen molar-refractivity contribution >= 4 is 23.1 Å². The molecule has 0 unspecified atom stereocenters. The molecular formula is C7H12MgO. The predicted molar refractivity (Wildman–Crippen MR) is 41.4 cm³/mol. The van der Waals surface area contributed by atoms with Gasteiger partial charge in [-0.15, -0.1) is 0 Å². The summed E-state index contributed by atoms with van der Waals surface area (Å²) in [5.74, 6) is 1.09. The molecule has 1 rings (SSSR count). The van der Waals surface area contributed by atoms with E-state index in [1.165, 1.54) is 0 Å². The Bertz CT molecular complexity index is 134. The van der Waals surface area contributed by atoms with Crippen molar-refractivity contribution in [1.82, 2.24) is 0 Å². The summed E-state index contributed by atoms with van der Waals surface area (Å²) in [6, 6.07) is 0. The SMILES string of the molecule is CCOC1=CC=CC1.[H-].[H-].[Mg+2]. The third kappa shape index (κ3) is 2.91. The molecule has 0 saturated heterocycles. The van der Waals surface area contributed by atoms with E-state index in [-0.39, 0.29) is 25.9 Å². The summed E-state index contributed by atoms with van der Waals surface area (Å²) in [6.07, 6.45) is 7.09. The summed E-state index contributed by atoms with van der Waals surface area (Å²) in [5, 5.41) is 0. The van der Waals surface area contributed by atoms with E-state index < -0.39 is 0 Å². The molecule has 1 aliphatic rings. The van der Waals surface area contributed by atoms with E-state index in [1.54, 1.807) is 0 Å². The van der Waals surface area contributed by atoms with E-state index >= 15 is 0 Å². The molecule has 48 valence electrons. The average Bonchev–Trinajstić information content (AvgIpc) is 2.19. The average molecular weight is 136 g/mol. The van der Waals surface area contributed by atoms with Gasteiger partial charge < -0.3 is 7.59 Å². The number of allylic oxidation sites excluding steroid dienone is 3. The fraction of sp³-hybridized carbons (Fsp3) is 0.429. The van der Waals surface area contributed by atoms with Gasteiger partial charge >= 0.3 is 23.1 Å². The van der Waals surface area contributed by atoms with Crippen molar-refractivity contribution in [3.05, 3.63) is 24.0 Å². The molecule has 0 fully saturated rings. The van der Waals surface area contributed by atoms with Gasteiger partial charge in [-0.2, -0.15) is 0 Å². The van der Waals surface area contributed by atoms with Crippen LogP contribution in [-0.2, 0) is 4.74 Å². The molecule has 0 aliphatic heterocycles. The largest absolute Gasteiger partial charge is 2.00 e. The monoisotopic (exact) mass is 136 g/mol. The van der Waals surface area contributed by atoms with Crippen molar-refractivity contribution in [3.63, 3.8) is 0 Å². The van der Waals surface area contributed by atoms with Gasteiger partial charge in [0.15, 0.2) is 0 Å². The van der Waals surface area contributed by atoms with Crippen LogP contribution < -0.4 is 0 Å². The van der Waals surface area contributed by atoms with Crippen LogP contribution in [0.1, 0.15) is 16.2 Å². The maximum absolute atomic E-state index is 5.20. The fourth-order valence-electron chi connectivity index (χ4n) is 0.720. The van der Waals surface area contributed by atoms with Gasteiger partial charge in [0.05, 0.1) is 12.4 Å². The zero-order valence-electron chi connectivity index (χ0n) is 7.76. The quantitative estimate of drug-likeness (QED) is 0.525. The Hall–Kier alpha value is 0.0462. The first-order chi connectivity index (χ1) is 3.93. The second-order valence-electron chi connectivity index (χ2n) is 1.70. The van der Waals surface area contributed by atoms with Gasteiger partial charge in [0.1, 0.15) is 0 Å². The summed E-state index contributed by atoms with van der Waals surface area (Å²) < 4.78 is 5.20. The van der Waals surface area contributed by atoms with Crippen molar-refractivity contribution in [2.75, 3.05) is 6.61 Å². The van der Waals surface area contributed by atoms with E-state index in [4.69, 9.17) is 4.74 Å². The number of rotatable bonds is 2. The van der Waals surface area contributed by atoms with E-state index in [0.717, 1.165) is 18.8 Å². The van der Waals surface area contributed by atoms with E-state index in [9.17, 15) is 0 Å². The Balaban J connectivity index is -0.000000213. The van der Waals surface area contributed by atoms with E-state index in [2.05, 4.69) is 6.08 Å².